The van der Waals surface area contributed by atoms with Crippen LogP contribution in [0.3, 0.4) is 0 Å². The van der Waals surface area contributed by atoms with Crippen LogP contribution in [-0.4, -0.2) is 49.7 Å². The molecule has 0 aromatic rings. The van der Waals surface area contributed by atoms with Crippen molar-refractivity contribution in [1.29, 1.82) is 0 Å². The fraction of sp³-hybridized carbons (Fsp3) is 0.938. The molecule has 0 saturated carbocycles. The van der Waals surface area contributed by atoms with Crippen molar-refractivity contribution in [3.05, 3.63) is 0 Å². The Kier molecular flexibility index (Phi) is 5.85. The van der Waals surface area contributed by atoms with Crippen LogP contribution in [0.1, 0.15) is 52.4 Å². The van der Waals surface area contributed by atoms with Gasteiger partial charge in [-0.1, -0.05) is 13.3 Å². The van der Waals surface area contributed by atoms with Gasteiger partial charge in [0.1, 0.15) is 0 Å². The molecule has 2 rings (SSSR count). The molecule has 4 heteroatoms. The van der Waals surface area contributed by atoms with Gasteiger partial charge in [0.15, 0.2) is 0 Å². The molecule has 1 N–H and O–H groups in total. The Balaban J connectivity index is 2.03. The number of likely N-dealkylation sites (N-methyl/N-ethyl adjacent to an activating group) is 1. The molecule has 1 amide bonds. The second-order valence-electron chi connectivity index (χ2n) is 6.29. The number of carbonyl (C=O) groups is 1. The van der Waals surface area contributed by atoms with Crippen molar-refractivity contribution in [2.45, 2.75) is 58.5 Å². The van der Waals surface area contributed by atoms with Crippen LogP contribution in [0.5, 0.6) is 0 Å². The van der Waals surface area contributed by atoms with Gasteiger partial charge in [-0.25, -0.2) is 0 Å². The predicted octanol–water partition coefficient (Wildman–Crippen LogP) is 2.18. The molecule has 2 aliphatic heterocycles. The first-order valence-corrected chi connectivity index (χ1v) is 8.33. The lowest BCUT2D eigenvalue weighted by atomic mass is 9.75. The normalized spacial score (nSPS) is 30.4. The summed E-state index contributed by atoms with van der Waals surface area (Å²) in [5.74, 6) is 0.351. The molecule has 2 atom stereocenters. The highest BCUT2D eigenvalue weighted by Crippen LogP contribution is 2.34. The van der Waals surface area contributed by atoms with Gasteiger partial charge in [-0.05, 0) is 45.6 Å². The second-order valence-corrected chi connectivity index (χ2v) is 6.29. The highest BCUT2D eigenvalue weighted by atomic mass is 16.5. The molecule has 2 fully saturated rings. The number of hydrogen-bond acceptors (Lipinski definition) is 3. The Labute approximate surface area is 123 Å². The summed E-state index contributed by atoms with van der Waals surface area (Å²) in [6.45, 7) is 8.60. The summed E-state index contributed by atoms with van der Waals surface area (Å²) in [5, 5.41) is 3.44. The summed E-state index contributed by atoms with van der Waals surface area (Å²) < 4.78 is 5.71. The summed E-state index contributed by atoms with van der Waals surface area (Å²) >= 11 is 0. The van der Waals surface area contributed by atoms with E-state index in [0.717, 1.165) is 71.3 Å². The predicted molar refractivity (Wildman–Crippen MR) is 80.7 cm³/mol. The van der Waals surface area contributed by atoms with Crippen LogP contribution in [0.2, 0.25) is 0 Å². The van der Waals surface area contributed by atoms with E-state index in [2.05, 4.69) is 19.2 Å². The van der Waals surface area contributed by atoms with E-state index in [4.69, 9.17) is 4.74 Å². The fourth-order valence-electron chi connectivity index (χ4n) is 3.67. The van der Waals surface area contributed by atoms with Gasteiger partial charge in [0.05, 0.1) is 11.5 Å². The second kappa shape index (κ2) is 7.41. The third-order valence-electron chi connectivity index (χ3n) is 4.77. The number of amides is 1. The molecule has 0 aromatic carbocycles. The number of hydrogen-bond donors (Lipinski definition) is 1. The number of ether oxygens (including phenoxy) is 1. The van der Waals surface area contributed by atoms with E-state index in [1.54, 1.807) is 0 Å². The Morgan fingerprint density at radius 3 is 2.80 bits per heavy atom. The summed E-state index contributed by atoms with van der Waals surface area (Å²) in [6.07, 6.45) is 6.72. The van der Waals surface area contributed by atoms with Crippen LogP contribution >= 0.6 is 0 Å². The van der Waals surface area contributed by atoms with Gasteiger partial charge in [-0.2, -0.15) is 0 Å². The largest absolute Gasteiger partial charge is 0.376 e. The summed E-state index contributed by atoms with van der Waals surface area (Å²) in [6, 6.07) is 0. The van der Waals surface area contributed by atoms with Crippen molar-refractivity contribution in [3.8, 4) is 0 Å². The third-order valence-corrected chi connectivity index (χ3v) is 4.77. The molecule has 0 spiro atoms. The number of carbonyl (C=O) groups excluding carboxylic acids is 1. The molecule has 4 nitrogen and oxygen atoms in total. The van der Waals surface area contributed by atoms with Gasteiger partial charge in [-0.15, -0.1) is 0 Å². The molecule has 20 heavy (non-hydrogen) atoms. The minimum atomic E-state index is -0.165. The van der Waals surface area contributed by atoms with Crippen LogP contribution in [0, 0.1) is 5.41 Å². The van der Waals surface area contributed by atoms with Crippen molar-refractivity contribution in [1.82, 2.24) is 10.2 Å². The first kappa shape index (κ1) is 15.8. The fourth-order valence-corrected chi connectivity index (χ4v) is 3.67. The van der Waals surface area contributed by atoms with E-state index >= 15 is 0 Å². The summed E-state index contributed by atoms with van der Waals surface area (Å²) in [7, 11) is 0. The minimum absolute atomic E-state index is 0.165. The van der Waals surface area contributed by atoms with Crippen molar-refractivity contribution in [3.63, 3.8) is 0 Å². The lowest BCUT2D eigenvalue weighted by Gasteiger charge is -2.40. The van der Waals surface area contributed by atoms with Gasteiger partial charge < -0.3 is 15.0 Å². The zero-order valence-electron chi connectivity index (χ0n) is 13.1. The molecule has 0 aromatic heterocycles. The van der Waals surface area contributed by atoms with Crippen molar-refractivity contribution >= 4 is 5.91 Å². The van der Waals surface area contributed by atoms with Crippen LogP contribution in [0.15, 0.2) is 0 Å². The third kappa shape index (κ3) is 3.53. The van der Waals surface area contributed by atoms with Gasteiger partial charge in [-0.3, -0.25) is 4.79 Å². The number of rotatable bonds is 6. The SMILES string of the molecule is CCCC1(C(=O)N(CC)CC2CCCO2)CCCNC1. The molecule has 2 unspecified atom stereocenters. The number of nitrogens with one attached hydrogen (secondary N) is 1. The molecule has 0 radical (unpaired) electrons. The van der Waals surface area contributed by atoms with E-state index in [-0.39, 0.29) is 11.5 Å². The molecular formula is C16H30N2O2. The lowest BCUT2D eigenvalue weighted by Crippen LogP contribution is -2.53. The van der Waals surface area contributed by atoms with E-state index in [1.807, 2.05) is 4.90 Å². The maximum absolute atomic E-state index is 13.1. The Bertz CT molecular complexity index is 302. The standard InChI is InChI=1S/C16H30N2O2/c1-3-8-16(9-6-10-17-13-16)15(19)18(4-2)12-14-7-5-11-20-14/h14,17H,3-13H2,1-2H3. The number of piperidine rings is 1. The van der Waals surface area contributed by atoms with E-state index < -0.39 is 0 Å². The maximum atomic E-state index is 13.1. The Morgan fingerprint density at radius 1 is 1.40 bits per heavy atom. The topological polar surface area (TPSA) is 41.6 Å². The average Bonchev–Trinajstić information content (AvgIpc) is 2.98. The van der Waals surface area contributed by atoms with Crippen LogP contribution in [-0.2, 0) is 9.53 Å². The lowest BCUT2D eigenvalue weighted by molar-refractivity contribution is -0.145. The van der Waals surface area contributed by atoms with E-state index in [0.29, 0.717) is 5.91 Å². The number of nitrogens with zero attached hydrogens (tertiary/aromatic N) is 1. The average molecular weight is 282 g/mol. The molecule has 2 saturated heterocycles. The summed E-state index contributed by atoms with van der Waals surface area (Å²) in [5.41, 5.74) is -0.165. The Hall–Kier alpha value is -0.610. The molecule has 0 aliphatic carbocycles. The zero-order chi connectivity index (χ0) is 14.4. The molecule has 116 valence electrons. The Morgan fingerprint density at radius 2 is 2.25 bits per heavy atom. The molecule has 0 bridgehead atoms. The molecule has 2 heterocycles. The summed E-state index contributed by atoms with van der Waals surface area (Å²) in [4.78, 5) is 15.1. The quantitative estimate of drug-likeness (QED) is 0.812. The van der Waals surface area contributed by atoms with Crippen LogP contribution < -0.4 is 5.32 Å². The van der Waals surface area contributed by atoms with Gasteiger partial charge >= 0.3 is 0 Å². The van der Waals surface area contributed by atoms with E-state index in [9.17, 15) is 4.79 Å². The van der Waals surface area contributed by atoms with Crippen molar-refractivity contribution in [2.75, 3.05) is 32.8 Å². The van der Waals surface area contributed by atoms with Gasteiger partial charge in [0.25, 0.3) is 0 Å². The van der Waals surface area contributed by atoms with Crippen molar-refractivity contribution in [2.24, 2.45) is 5.41 Å². The van der Waals surface area contributed by atoms with Gasteiger partial charge in [0, 0.05) is 26.2 Å². The highest BCUT2D eigenvalue weighted by Gasteiger charge is 2.41. The smallest absolute Gasteiger partial charge is 0.230 e. The van der Waals surface area contributed by atoms with Crippen LogP contribution in [0.25, 0.3) is 0 Å². The highest BCUT2D eigenvalue weighted by molar-refractivity contribution is 5.83. The molecule has 2 aliphatic rings. The molecular weight excluding hydrogens is 252 g/mol. The van der Waals surface area contributed by atoms with Crippen LogP contribution in [0.4, 0.5) is 0 Å². The zero-order valence-corrected chi connectivity index (χ0v) is 13.1. The minimum Gasteiger partial charge on any atom is -0.376 e. The monoisotopic (exact) mass is 282 g/mol. The first-order chi connectivity index (χ1) is 9.72. The maximum Gasteiger partial charge on any atom is 0.230 e. The van der Waals surface area contributed by atoms with Crippen molar-refractivity contribution < 1.29 is 9.53 Å². The van der Waals surface area contributed by atoms with Gasteiger partial charge in [0.2, 0.25) is 5.91 Å². The van der Waals surface area contributed by atoms with E-state index in [1.165, 1.54) is 0 Å². The first-order valence-electron chi connectivity index (χ1n) is 8.33.